The molecule has 0 saturated carbocycles. The van der Waals surface area contributed by atoms with E-state index in [2.05, 4.69) is 0 Å². The Labute approximate surface area is 97.2 Å². The molecule has 0 radical (unpaired) electrons. The van der Waals surface area contributed by atoms with Gasteiger partial charge in [0.15, 0.2) is 0 Å². The van der Waals surface area contributed by atoms with Crippen LogP contribution in [0.25, 0.3) is 0 Å². The van der Waals surface area contributed by atoms with Crippen molar-refractivity contribution in [3.05, 3.63) is 28.8 Å². The quantitative estimate of drug-likeness (QED) is 0.762. The SMILES string of the molecule is CC(C)Oc1cc(Cl)ccc1C(=O)C(F)F. The molecule has 2 nitrogen and oxygen atoms in total. The summed E-state index contributed by atoms with van der Waals surface area (Å²) in [4.78, 5) is 11.2. The molecule has 88 valence electrons. The topological polar surface area (TPSA) is 26.3 Å². The van der Waals surface area contributed by atoms with Gasteiger partial charge in [-0.05, 0) is 32.0 Å². The lowest BCUT2D eigenvalue weighted by atomic mass is 10.1. The number of carbonyl (C=O) groups excluding carboxylic acids is 1. The van der Waals surface area contributed by atoms with E-state index < -0.39 is 12.2 Å². The maximum absolute atomic E-state index is 12.3. The van der Waals surface area contributed by atoms with Gasteiger partial charge in [0.1, 0.15) is 5.75 Å². The van der Waals surface area contributed by atoms with Crippen LogP contribution in [0.1, 0.15) is 24.2 Å². The van der Waals surface area contributed by atoms with E-state index in [1.807, 2.05) is 0 Å². The summed E-state index contributed by atoms with van der Waals surface area (Å²) >= 11 is 5.71. The van der Waals surface area contributed by atoms with Crippen molar-refractivity contribution in [2.75, 3.05) is 0 Å². The van der Waals surface area contributed by atoms with Crippen molar-refractivity contribution < 1.29 is 18.3 Å². The van der Waals surface area contributed by atoms with E-state index in [0.717, 1.165) is 0 Å². The summed E-state index contributed by atoms with van der Waals surface area (Å²) in [7, 11) is 0. The number of benzene rings is 1. The maximum atomic E-state index is 12.3. The largest absolute Gasteiger partial charge is 0.490 e. The molecule has 0 heterocycles. The van der Waals surface area contributed by atoms with Gasteiger partial charge in [0.25, 0.3) is 0 Å². The van der Waals surface area contributed by atoms with Crippen LogP contribution in [0.15, 0.2) is 18.2 Å². The second-order valence-corrected chi connectivity index (χ2v) is 3.91. The van der Waals surface area contributed by atoms with Crippen molar-refractivity contribution in [1.29, 1.82) is 0 Å². The Morgan fingerprint density at radius 1 is 1.38 bits per heavy atom. The predicted octanol–water partition coefficient (Wildman–Crippen LogP) is 3.58. The highest BCUT2D eigenvalue weighted by atomic mass is 35.5. The number of ketones is 1. The maximum Gasteiger partial charge on any atom is 0.300 e. The van der Waals surface area contributed by atoms with Gasteiger partial charge < -0.3 is 4.74 Å². The molecular formula is C11H11ClF2O2. The average Bonchev–Trinajstić information content (AvgIpc) is 2.15. The van der Waals surface area contributed by atoms with Crippen LogP contribution in [-0.4, -0.2) is 18.3 Å². The fraction of sp³-hybridized carbons (Fsp3) is 0.364. The van der Waals surface area contributed by atoms with Gasteiger partial charge in [-0.3, -0.25) is 4.79 Å². The molecule has 1 aromatic carbocycles. The molecular weight excluding hydrogens is 238 g/mol. The van der Waals surface area contributed by atoms with E-state index in [1.165, 1.54) is 18.2 Å². The summed E-state index contributed by atoms with van der Waals surface area (Å²) in [6.45, 7) is 3.47. The van der Waals surface area contributed by atoms with Crippen LogP contribution in [-0.2, 0) is 0 Å². The van der Waals surface area contributed by atoms with E-state index in [1.54, 1.807) is 13.8 Å². The summed E-state index contributed by atoms with van der Waals surface area (Å²) in [6.07, 6.45) is -3.27. The van der Waals surface area contributed by atoms with Gasteiger partial charge in [-0.1, -0.05) is 11.6 Å². The molecule has 0 aliphatic rings. The first kappa shape index (κ1) is 12.9. The van der Waals surface area contributed by atoms with E-state index in [-0.39, 0.29) is 17.4 Å². The number of Topliss-reactive ketones (excluding diaryl/α,β-unsaturated/α-hetero) is 1. The molecule has 1 aromatic rings. The molecule has 0 aliphatic carbocycles. The fourth-order valence-electron chi connectivity index (χ4n) is 1.17. The molecule has 0 aliphatic heterocycles. The van der Waals surface area contributed by atoms with E-state index in [9.17, 15) is 13.6 Å². The number of carbonyl (C=O) groups is 1. The smallest absolute Gasteiger partial charge is 0.300 e. The first-order valence-electron chi connectivity index (χ1n) is 4.70. The Kier molecular flexibility index (Phi) is 4.24. The van der Waals surface area contributed by atoms with E-state index in [0.29, 0.717) is 5.02 Å². The Morgan fingerprint density at radius 3 is 2.50 bits per heavy atom. The molecule has 0 amide bonds. The minimum Gasteiger partial charge on any atom is -0.490 e. The van der Waals surface area contributed by atoms with Gasteiger partial charge in [0, 0.05) is 5.02 Å². The van der Waals surface area contributed by atoms with Crippen molar-refractivity contribution in [1.82, 2.24) is 0 Å². The Morgan fingerprint density at radius 2 is 2.00 bits per heavy atom. The van der Waals surface area contributed by atoms with Crippen LogP contribution in [0, 0.1) is 0 Å². The molecule has 0 fully saturated rings. The fourth-order valence-corrected chi connectivity index (χ4v) is 1.33. The zero-order chi connectivity index (χ0) is 12.3. The lowest BCUT2D eigenvalue weighted by molar-refractivity contribution is 0.0673. The number of rotatable bonds is 4. The molecule has 0 saturated heterocycles. The number of hydrogen-bond acceptors (Lipinski definition) is 2. The Bertz CT molecular complexity index is 392. The van der Waals surface area contributed by atoms with Crippen LogP contribution in [0.4, 0.5) is 8.78 Å². The minimum atomic E-state index is -3.05. The summed E-state index contributed by atoms with van der Waals surface area (Å²) in [6, 6.07) is 3.98. The van der Waals surface area contributed by atoms with Gasteiger partial charge in [-0.2, -0.15) is 0 Å². The molecule has 0 atom stereocenters. The van der Waals surface area contributed by atoms with Crippen LogP contribution in [0.5, 0.6) is 5.75 Å². The van der Waals surface area contributed by atoms with Crippen LogP contribution in [0.2, 0.25) is 5.02 Å². The van der Waals surface area contributed by atoms with Crippen molar-refractivity contribution in [2.24, 2.45) is 0 Å². The van der Waals surface area contributed by atoms with Gasteiger partial charge in [-0.25, -0.2) is 8.78 Å². The van der Waals surface area contributed by atoms with Crippen molar-refractivity contribution in [3.8, 4) is 5.75 Å². The molecule has 1 rings (SSSR count). The highest BCUT2D eigenvalue weighted by molar-refractivity contribution is 6.30. The van der Waals surface area contributed by atoms with Gasteiger partial charge in [0.05, 0.1) is 11.7 Å². The molecule has 5 heteroatoms. The Balaban J connectivity index is 3.12. The second kappa shape index (κ2) is 5.25. The third-order valence-corrected chi connectivity index (χ3v) is 2.01. The summed E-state index contributed by atoms with van der Waals surface area (Å²) in [5, 5.41) is 0.335. The first-order valence-corrected chi connectivity index (χ1v) is 5.08. The average molecular weight is 249 g/mol. The molecule has 0 unspecified atom stereocenters. The normalized spacial score (nSPS) is 10.9. The minimum absolute atomic E-state index is 0.0906. The number of ether oxygens (including phenoxy) is 1. The third-order valence-electron chi connectivity index (χ3n) is 1.77. The van der Waals surface area contributed by atoms with E-state index in [4.69, 9.17) is 16.3 Å². The summed E-state index contributed by atoms with van der Waals surface area (Å²) < 4.78 is 29.8. The monoisotopic (exact) mass is 248 g/mol. The van der Waals surface area contributed by atoms with Crippen molar-refractivity contribution >= 4 is 17.4 Å². The summed E-state index contributed by atoms with van der Waals surface area (Å²) in [5.41, 5.74) is -0.145. The van der Waals surface area contributed by atoms with Gasteiger partial charge in [-0.15, -0.1) is 0 Å². The molecule has 16 heavy (non-hydrogen) atoms. The van der Waals surface area contributed by atoms with Gasteiger partial charge in [0.2, 0.25) is 5.78 Å². The Hall–Kier alpha value is -1.16. The van der Waals surface area contributed by atoms with Crippen LogP contribution in [0.3, 0.4) is 0 Å². The third kappa shape index (κ3) is 3.17. The van der Waals surface area contributed by atoms with Crippen molar-refractivity contribution in [3.63, 3.8) is 0 Å². The molecule has 0 bridgehead atoms. The predicted molar refractivity (Wildman–Crippen MR) is 57.6 cm³/mol. The van der Waals surface area contributed by atoms with Gasteiger partial charge >= 0.3 is 6.43 Å². The summed E-state index contributed by atoms with van der Waals surface area (Å²) in [5.74, 6) is -1.17. The number of hydrogen-bond donors (Lipinski definition) is 0. The zero-order valence-corrected chi connectivity index (χ0v) is 9.59. The van der Waals surface area contributed by atoms with Crippen LogP contribution < -0.4 is 4.74 Å². The second-order valence-electron chi connectivity index (χ2n) is 3.47. The molecule has 0 N–H and O–H groups in total. The highest BCUT2D eigenvalue weighted by Gasteiger charge is 2.22. The molecule has 0 spiro atoms. The van der Waals surface area contributed by atoms with Crippen LogP contribution >= 0.6 is 11.6 Å². The number of alkyl halides is 2. The number of halogens is 3. The molecule has 0 aromatic heterocycles. The highest BCUT2D eigenvalue weighted by Crippen LogP contribution is 2.26. The lowest BCUT2D eigenvalue weighted by Gasteiger charge is -2.13. The van der Waals surface area contributed by atoms with E-state index >= 15 is 0 Å². The zero-order valence-electron chi connectivity index (χ0n) is 8.84. The lowest BCUT2D eigenvalue weighted by Crippen LogP contribution is -2.14. The standard InChI is InChI=1S/C11H11ClF2O2/c1-6(2)16-9-5-7(12)3-4-8(9)10(15)11(13)14/h3-6,11H,1-2H3. The van der Waals surface area contributed by atoms with Crippen molar-refractivity contribution in [2.45, 2.75) is 26.4 Å². The first-order chi connectivity index (χ1) is 7.41.